The molecule has 0 spiro atoms. The maximum Gasteiger partial charge on any atom is 0.0361 e. The van der Waals surface area contributed by atoms with Crippen molar-refractivity contribution in [2.45, 2.75) is 51.7 Å². The van der Waals surface area contributed by atoms with Gasteiger partial charge in [-0.15, -0.1) is 0 Å². The summed E-state index contributed by atoms with van der Waals surface area (Å²) in [4.78, 5) is 4.79. The molecule has 0 aliphatic heterocycles. The molecule has 0 radical (unpaired) electrons. The molecule has 0 amide bonds. The highest BCUT2D eigenvalue weighted by molar-refractivity contribution is 5.46. The Morgan fingerprint density at radius 1 is 0.852 bits per heavy atom. The van der Waals surface area contributed by atoms with Gasteiger partial charge in [0.15, 0.2) is 0 Å². The van der Waals surface area contributed by atoms with Gasteiger partial charge in [-0.1, -0.05) is 55.7 Å². The third-order valence-corrected chi connectivity index (χ3v) is 5.73. The van der Waals surface area contributed by atoms with Gasteiger partial charge in [-0.3, -0.25) is 4.90 Å². The number of nitrogens with zero attached hydrogens (tertiary/aromatic N) is 2. The van der Waals surface area contributed by atoms with E-state index in [9.17, 15) is 0 Å². The minimum Gasteiger partial charge on any atom is -0.378 e. The van der Waals surface area contributed by atoms with E-state index in [4.69, 9.17) is 5.73 Å². The average Bonchev–Trinajstić information content (AvgIpc) is 2.69. The predicted molar refractivity (Wildman–Crippen MR) is 116 cm³/mol. The second-order valence-corrected chi connectivity index (χ2v) is 8.26. The lowest BCUT2D eigenvalue weighted by atomic mass is 9.88. The highest BCUT2D eigenvalue weighted by Crippen LogP contribution is 2.26. The van der Waals surface area contributed by atoms with Crippen molar-refractivity contribution in [1.82, 2.24) is 4.90 Å². The van der Waals surface area contributed by atoms with Crippen molar-refractivity contribution in [3.8, 4) is 0 Å². The zero-order valence-corrected chi connectivity index (χ0v) is 17.0. The molecule has 2 N–H and O–H groups in total. The molecule has 0 atom stereocenters. The molecule has 0 bridgehead atoms. The Labute approximate surface area is 165 Å². The molecule has 27 heavy (non-hydrogen) atoms. The van der Waals surface area contributed by atoms with Crippen LogP contribution in [0.1, 0.15) is 48.8 Å². The fraction of sp³-hybridized carbons (Fsp3) is 0.500. The van der Waals surface area contributed by atoms with E-state index in [-0.39, 0.29) is 0 Å². The maximum atomic E-state index is 5.84. The summed E-state index contributed by atoms with van der Waals surface area (Å²) in [7, 11) is 4.18. The summed E-state index contributed by atoms with van der Waals surface area (Å²) in [5.41, 5.74) is 11.1. The van der Waals surface area contributed by atoms with E-state index < -0.39 is 0 Å². The number of anilines is 1. The van der Waals surface area contributed by atoms with Gasteiger partial charge in [-0.25, -0.2) is 0 Å². The summed E-state index contributed by atoms with van der Waals surface area (Å²) in [5.74, 6) is 0.845. The summed E-state index contributed by atoms with van der Waals surface area (Å²) >= 11 is 0. The van der Waals surface area contributed by atoms with Crippen molar-refractivity contribution < 1.29 is 0 Å². The summed E-state index contributed by atoms with van der Waals surface area (Å²) in [6.07, 6.45) is 7.00. The Hall–Kier alpha value is -1.84. The smallest absolute Gasteiger partial charge is 0.0361 e. The van der Waals surface area contributed by atoms with Crippen LogP contribution in [-0.2, 0) is 19.6 Å². The first kappa shape index (κ1) is 19.9. The van der Waals surface area contributed by atoms with Crippen molar-refractivity contribution in [3.05, 3.63) is 65.2 Å². The Bertz CT molecular complexity index is 687. The van der Waals surface area contributed by atoms with Crippen molar-refractivity contribution in [1.29, 1.82) is 0 Å². The Kier molecular flexibility index (Phi) is 7.31. The van der Waals surface area contributed by atoms with Crippen LogP contribution in [0.25, 0.3) is 0 Å². The number of nitrogens with two attached hydrogens (primary N) is 1. The van der Waals surface area contributed by atoms with Crippen LogP contribution in [0, 0.1) is 5.92 Å². The van der Waals surface area contributed by atoms with Gasteiger partial charge in [0.25, 0.3) is 0 Å². The number of hydrogen-bond acceptors (Lipinski definition) is 3. The molecule has 1 aliphatic carbocycles. The summed E-state index contributed by atoms with van der Waals surface area (Å²) in [6.45, 7) is 3.82. The second kappa shape index (κ2) is 9.91. The molecule has 3 heteroatoms. The molecule has 0 saturated heterocycles. The van der Waals surface area contributed by atoms with E-state index in [1.54, 1.807) is 0 Å². The molecule has 3 rings (SSSR count). The summed E-state index contributed by atoms with van der Waals surface area (Å²) < 4.78 is 0. The van der Waals surface area contributed by atoms with Gasteiger partial charge in [0.05, 0.1) is 0 Å². The number of rotatable bonds is 8. The maximum absolute atomic E-state index is 5.84. The first-order valence-electron chi connectivity index (χ1n) is 10.4. The molecule has 2 aromatic carbocycles. The van der Waals surface area contributed by atoms with Crippen molar-refractivity contribution in [2.75, 3.05) is 25.5 Å². The third-order valence-electron chi connectivity index (χ3n) is 5.73. The molecule has 2 aromatic rings. The quantitative estimate of drug-likeness (QED) is 0.730. The monoisotopic (exact) mass is 365 g/mol. The van der Waals surface area contributed by atoms with Crippen LogP contribution in [0.3, 0.4) is 0 Å². The molecule has 1 aliphatic rings. The molecule has 146 valence electrons. The lowest BCUT2D eigenvalue weighted by Gasteiger charge is -2.30. The van der Waals surface area contributed by atoms with Crippen LogP contribution in [-0.4, -0.2) is 25.5 Å². The first-order valence-corrected chi connectivity index (χ1v) is 10.4. The summed E-state index contributed by atoms with van der Waals surface area (Å²) in [5, 5.41) is 0. The lowest BCUT2D eigenvalue weighted by molar-refractivity contribution is 0.187. The SMILES string of the molecule is CN(C)c1ccc(CN(Cc2cccc(CN)c2)CC2CCCCC2)cc1. The van der Waals surface area contributed by atoms with Gasteiger partial charge in [0.2, 0.25) is 0 Å². The van der Waals surface area contributed by atoms with E-state index in [0.29, 0.717) is 6.54 Å². The molecule has 0 heterocycles. The highest BCUT2D eigenvalue weighted by atomic mass is 15.1. The molecular formula is C24H35N3. The number of hydrogen-bond donors (Lipinski definition) is 1. The van der Waals surface area contributed by atoms with Crippen LogP contribution in [0.5, 0.6) is 0 Å². The Morgan fingerprint density at radius 2 is 1.52 bits per heavy atom. The van der Waals surface area contributed by atoms with Gasteiger partial charge in [0, 0.05) is 46.0 Å². The second-order valence-electron chi connectivity index (χ2n) is 8.26. The van der Waals surface area contributed by atoms with Gasteiger partial charge >= 0.3 is 0 Å². The largest absolute Gasteiger partial charge is 0.378 e. The van der Waals surface area contributed by atoms with E-state index in [0.717, 1.165) is 19.0 Å². The lowest BCUT2D eigenvalue weighted by Crippen LogP contribution is -2.30. The van der Waals surface area contributed by atoms with Crippen LogP contribution in [0.15, 0.2) is 48.5 Å². The zero-order chi connectivity index (χ0) is 19.1. The third kappa shape index (κ3) is 6.08. The van der Waals surface area contributed by atoms with Gasteiger partial charge in [-0.2, -0.15) is 0 Å². The normalized spacial score (nSPS) is 15.3. The predicted octanol–water partition coefficient (Wildman–Crippen LogP) is 4.79. The van der Waals surface area contributed by atoms with E-state index >= 15 is 0 Å². The molecule has 1 saturated carbocycles. The topological polar surface area (TPSA) is 32.5 Å². The minimum absolute atomic E-state index is 0.614. The van der Waals surface area contributed by atoms with Crippen LogP contribution in [0.2, 0.25) is 0 Å². The Morgan fingerprint density at radius 3 is 2.19 bits per heavy atom. The van der Waals surface area contributed by atoms with Gasteiger partial charge in [-0.05, 0) is 47.6 Å². The van der Waals surface area contributed by atoms with Crippen LogP contribution < -0.4 is 10.6 Å². The fourth-order valence-corrected chi connectivity index (χ4v) is 4.19. The molecule has 0 unspecified atom stereocenters. The average molecular weight is 366 g/mol. The summed E-state index contributed by atoms with van der Waals surface area (Å²) in [6, 6.07) is 17.8. The Balaban J connectivity index is 1.71. The minimum atomic E-state index is 0.614. The molecule has 0 aromatic heterocycles. The van der Waals surface area contributed by atoms with Crippen LogP contribution >= 0.6 is 0 Å². The molecule has 3 nitrogen and oxygen atoms in total. The first-order chi connectivity index (χ1) is 13.1. The molecular weight excluding hydrogens is 330 g/mol. The van der Waals surface area contributed by atoms with E-state index in [2.05, 4.69) is 72.4 Å². The van der Waals surface area contributed by atoms with E-state index in [1.807, 2.05) is 0 Å². The van der Waals surface area contributed by atoms with Gasteiger partial charge in [0.1, 0.15) is 0 Å². The standard InChI is InChI=1S/C24H35N3/c1-26(2)24-13-11-21(12-14-24)18-27(17-20-7-4-3-5-8-20)19-23-10-6-9-22(15-23)16-25/h6,9-15,20H,3-5,7-8,16-19,25H2,1-2H3. The highest BCUT2D eigenvalue weighted by Gasteiger charge is 2.18. The van der Waals surface area contributed by atoms with Gasteiger partial charge < -0.3 is 10.6 Å². The van der Waals surface area contributed by atoms with Crippen molar-refractivity contribution in [3.63, 3.8) is 0 Å². The van der Waals surface area contributed by atoms with Crippen molar-refractivity contribution in [2.24, 2.45) is 11.7 Å². The number of benzene rings is 2. The molecule has 1 fully saturated rings. The van der Waals surface area contributed by atoms with E-state index in [1.165, 1.54) is 61.0 Å². The fourth-order valence-electron chi connectivity index (χ4n) is 4.19. The van der Waals surface area contributed by atoms with Crippen LogP contribution in [0.4, 0.5) is 5.69 Å². The zero-order valence-electron chi connectivity index (χ0n) is 17.0. The van der Waals surface area contributed by atoms with Crippen molar-refractivity contribution >= 4 is 5.69 Å².